The topological polar surface area (TPSA) is 67.2 Å². The van der Waals surface area contributed by atoms with Crippen LogP contribution in [-0.2, 0) is 6.54 Å². The third-order valence-electron chi connectivity index (χ3n) is 2.66. The summed E-state index contributed by atoms with van der Waals surface area (Å²) in [6.45, 7) is 0.180. The molecule has 0 fully saturated rings. The van der Waals surface area contributed by atoms with E-state index in [-0.39, 0.29) is 12.5 Å². The van der Waals surface area contributed by atoms with E-state index < -0.39 is 11.6 Å². The van der Waals surface area contributed by atoms with E-state index in [9.17, 15) is 13.6 Å². The molecule has 2 aromatic rings. The number of carbonyl (C=O) groups excluding carboxylic acids is 1. The maximum absolute atomic E-state index is 13.5. The summed E-state index contributed by atoms with van der Waals surface area (Å²) in [5.41, 5.74) is 6.41. The molecule has 20 heavy (non-hydrogen) atoms. The quantitative estimate of drug-likeness (QED) is 0.812. The van der Waals surface area contributed by atoms with Gasteiger partial charge < -0.3 is 16.4 Å². The molecule has 0 aliphatic heterocycles. The van der Waals surface area contributed by atoms with Crippen molar-refractivity contribution in [2.45, 2.75) is 6.54 Å². The van der Waals surface area contributed by atoms with Crippen molar-refractivity contribution in [3.05, 3.63) is 46.3 Å². The van der Waals surface area contributed by atoms with Gasteiger partial charge in [-0.3, -0.25) is 4.79 Å². The van der Waals surface area contributed by atoms with Crippen molar-refractivity contribution >= 4 is 27.9 Å². The normalized spacial score (nSPS) is 10.3. The minimum Gasteiger partial charge on any atom is -0.397 e. The van der Waals surface area contributed by atoms with E-state index in [1.54, 1.807) is 6.07 Å². The van der Waals surface area contributed by atoms with E-state index in [1.165, 1.54) is 30.5 Å². The van der Waals surface area contributed by atoms with Gasteiger partial charge in [0.2, 0.25) is 0 Å². The number of halogens is 2. The number of hydrogen-bond donors (Lipinski definition) is 3. The van der Waals surface area contributed by atoms with Crippen LogP contribution in [0.15, 0.2) is 24.3 Å². The van der Waals surface area contributed by atoms with Crippen LogP contribution in [0.3, 0.4) is 0 Å². The standard InChI is InChI=1S/C13H13F2N3OS/c1-17-13(19)12-10(16)5-11(20-12)18-6-7-2-3-8(14)4-9(7)15/h2-5,18H,6,16H2,1H3,(H,17,19). The first-order chi connectivity index (χ1) is 9.51. The fourth-order valence-corrected chi connectivity index (χ4v) is 2.55. The summed E-state index contributed by atoms with van der Waals surface area (Å²) in [4.78, 5) is 11.9. The molecular weight excluding hydrogens is 284 g/mol. The molecule has 1 aromatic heterocycles. The van der Waals surface area contributed by atoms with Crippen LogP contribution in [0.5, 0.6) is 0 Å². The number of hydrogen-bond acceptors (Lipinski definition) is 4. The lowest BCUT2D eigenvalue weighted by Crippen LogP contribution is -2.17. The molecule has 0 spiro atoms. The molecule has 0 unspecified atom stereocenters. The Labute approximate surface area is 118 Å². The minimum absolute atomic E-state index is 0.180. The van der Waals surface area contributed by atoms with Crippen LogP contribution in [0.25, 0.3) is 0 Å². The van der Waals surface area contributed by atoms with Crippen LogP contribution in [-0.4, -0.2) is 13.0 Å². The Hall–Kier alpha value is -2.15. The van der Waals surface area contributed by atoms with Gasteiger partial charge in [-0.15, -0.1) is 11.3 Å². The van der Waals surface area contributed by atoms with E-state index >= 15 is 0 Å². The number of rotatable bonds is 4. The molecule has 0 aliphatic carbocycles. The lowest BCUT2D eigenvalue weighted by atomic mass is 10.2. The number of nitrogens with two attached hydrogens (primary N) is 1. The molecule has 1 heterocycles. The largest absolute Gasteiger partial charge is 0.397 e. The average Bonchev–Trinajstić information content (AvgIpc) is 2.78. The molecule has 4 nitrogen and oxygen atoms in total. The Kier molecular flexibility index (Phi) is 4.19. The summed E-state index contributed by atoms with van der Waals surface area (Å²) in [7, 11) is 1.52. The number of thiophene rings is 1. The van der Waals surface area contributed by atoms with Crippen LogP contribution >= 0.6 is 11.3 Å². The first-order valence-electron chi connectivity index (χ1n) is 5.80. The van der Waals surface area contributed by atoms with E-state index in [1.807, 2.05) is 0 Å². The van der Waals surface area contributed by atoms with Crippen molar-refractivity contribution < 1.29 is 13.6 Å². The molecule has 0 radical (unpaired) electrons. The maximum atomic E-state index is 13.5. The average molecular weight is 297 g/mol. The van der Waals surface area contributed by atoms with Crippen LogP contribution < -0.4 is 16.4 Å². The predicted molar refractivity (Wildman–Crippen MR) is 75.8 cm³/mol. The second-order valence-corrected chi connectivity index (χ2v) is 5.12. The second kappa shape index (κ2) is 5.87. The van der Waals surface area contributed by atoms with Gasteiger partial charge in [0.25, 0.3) is 5.91 Å². The summed E-state index contributed by atoms with van der Waals surface area (Å²) >= 11 is 1.18. The maximum Gasteiger partial charge on any atom is 0.263 e. The smallest absolute Gasteiger partial charge is 0.263 e. The number of nitrogens with one attached hydrogen (secondary N) is 2. The SMILES string of the molecule is CNC(=O)c1sc(NCc2ccc(F)cc2F)cc1N. The fraction of sp³-hybridized carbons (Fsp3) is 0.154. The molecular formula is C13H13F2N3OS. The summed E-state index contributed by atoms with van der Waals surface area (Å²) in [6.07, 6.45) is 0. The Morgan fingerprint density at radius 1 is 1.35 bits per heavy atom. The zero-order valence-corrected chi connectivity index (χ0v) is 11.5. The third-order valence-corrected chi connectivity index (χ3v) is 3.77. The van der Waals surface area contributed by atoms with Gasteiger partial charge in [0.05, 0.1) is 10.7 Å². The number of benzene rings is 1. The van der Waals surface area contributed by atoms with Gasteiger partial charge in [0.1, 0.15) is 16.5 Å². The van der Waals surface area contributed by atoms with Gasteiger partial charge in [0.15, 0.2) is 0 Å². The highest BCUT2D eigenvalue weighted by atomic mass is 32.1. The Morgan fingerprint density at radius 2 is 2.10 bits per heavy atom. The van der Waals surface area contributed by atoms with Crippen LogP contribution in [0.4, 0.5) is 19.5 Å². The Balaban J connectivity index is 2.09. The van der Waals surface area contributed by atoms with Crippen molar-refractivity contribution in [3.63, 3.8) is 0 Å². The predicted octanol–water partition coefficient (Wildman–Crippen LogP) is 2.58. The highest BCUT2D eigenvalue weighted by Crippen LogP contribution is 2.29. The van der Waals surface area contributed by atoms with Crippen molar-refractivity contribution in [1.29, 1.82) is 0 Å². The molecule has 7 heteroatoms. The monoisotopic (exact) mass is 297 g/mol. The van der Waals surface area contributed by atoms with Gasteiger partial charge in [-0.05, 0) is 12.1 Å². The first-order valence-corrected chi connectivity index (χ1v) is 6.62. The van der Waals surface area contributed by atoms with Crippen LogP contribution in [0, 0.1) is 11.6 Å². The van der Waals surface area contributed by atoms with E-state index in [0.717, 1.165) is 6.07 Å². The molecule has 0 saturated heterocycles. The lowest BCUT2D eigenvalue weighted by molar-refractivity contribution is 0.0968. The molecule has 2 rings (SSSR count). The second-order valence-electron chi connectivity index (χ2n) is 4.06. The minimum atomic E-state index is -0.617. The van der Waals surface area contributed by atoms with Crippen LogP contribution in [0.2, 0.25) is 0 Å². The number of nitrogen functional groups attached to an aromatic ring is 1. The molecule has 0 aliphatic rings. The number of carbonyl (C=O) groups is 1. The summed E-state index contributed by atoms with van der Waals surface area (Å²) < 4.78 is 26.2. The molecule has 1 amide bonds. The molecule has 106 valence electrons. The fourth-order valence-electron chi connectivity index (χ4n) is 1.63. The molecule has 4 N–H and O–H groups in total. The van der Waals surface area contributed by atoms with Crippen molar-refractivity contribution in [2.24, 2.45) is 0 Å². The highest BCUT2D eigenvalue weighted by Gasteiger charge is 2.13. The van der Waals surface area contributed by atoms with Gasteiger partial charge in [-0.1, -0.05) is 6.07 Å². The van der Waals surface area contributed by atoms with E-state index in [0.29, 0.717) is 21.1 Å². The van der Waals surface area contributed by atoms with Crippen LogP contribution in [0.1, 0.15) is 15.2 Å². The van der Waals surface area contributed by atoms with Gasteiger partial charge in [-0.25, -0.2) is 8.78 Å². The Morgan fingerprint density at radius 3 is 2.75 bits per heavy atom. The van der Waals surface area contributed by atoms with Gasteiger partial charge in [0, 0.05) is 25.2 Å². The van der Waals surface area contributed by atoms with Gasteiger partial charge >= 0.3 is 0 Å². The highest BCUT2D eigenvalue weighted by molar-refractivity contribution is 7.18. The number of anilines is 2. The van der Waals surface area contributed by atoms with E-state index in [4.69, 9.17) is 5.73 Å². The van der Waals surface area contributed by atoms with Gasteiger partial charge in [-0.2, -0.15) is 0 Å². The Bertz CT molecular complexity index is 643. The summed E-state index contributed by atoms with van der Waals surface area (Å²) in [6, 6.07) is 5.00. The van der Waals surface area contributed by atoms with Crippen molar-refractivity contribution in [1.82, 2.24) is 5.32 Å². The molecule has 0 atom stereocenters. The van der Waals surface area contributed by atoms with E-state index in [2.05, 4.69) is 10.6 Å². The third kappa shape index (κ3) is 3.05. The van der Waals surface area contributed by atoms with Crippen molar-refractivity contribution in [3.8, 4) is 0 Å². The van der Waals surface area contributed by atoms with Crippen molar-refractivity contribution in [2.75, 3.05) is 18.1 Å². The molecule has 0 bridgehead atoms. The summed E-state index contributed by atoms with van der Waals surface area (Å²) in [5, 5.41) is 6.09. The zero-order valence-electron chi connectivity index (χ0n) is 10.7. The molecule has 0 saturated carbocycles. The lowest BCUT2D eigenvalue weighted by Gasteiger charge is -2.05. The molecule has 1 aromatic carbocycles. The number of amides is 1. The zero-order chi connectivity index (χ0) is 14.7. The summed E-state index contributed by atoms with van der Waals surface area (Å²) in [5.74, 6) is -1.50. The first kappa shape index (κ1) is 14.3.